The normalized spacial score (nSPS) is 20.7. The lowest BCUT2D eigenvalue weighted by molar-refractivity contribution is 0.243. The summed E-state index contributed by atoms with van der Waals surface area (Å²) in [6.07, 6.45) is 1.85. The first-order chi connectivity index (χ1) is 11.5. The number of hydrogen-bond donors (Lipinski definition) is 1. The number of sulfonamides is 1. The van der Waals surface area contributed by atoms with E-state index < -0.39 is 10.0 Å². The second-order valence-corrected chi connectivity index (χ2v) is 8.39. The van der Waals surface area contributed by atoms with Crippen molar-refractivity contribution in [2.24, 2.45) is 11.7 Å². The molecule has 2 atom stereocenters. The maximum Gasteiger partial charge on any atom is 0.243 e. The van der Waals surface area contributed by atoms with Gasteiger partial charge in [0.15, 0.2) is 0 Å². The SMILES string of the molecule is CC(N)C1CCCN(S(=O)(=O)c2ccccc2-c2ccccc2)C1. The van der Waals surface area contributed by atoms with Crippen LogP contribution in [0, 0.1) is 5.92 Å². The van der Waals surface area contributed by atoms with Crippen molar-refractivity contribution in [1.82, 2.24) is 4.31 Å². The molecule has 2 N–H and O–H groups in total. The molecule has 0 spiro atoms. The zero-order valence-corrected chi connectivity index (χ0v) is 14.7. The van der Waals surface area contributed by atoms with Gasteiger partial charge in [-0.1, -0.05) is 48.5 Å². The number of hydrogen-bond acceptors (Lipinski definition) is 3. The van der Waals surface area contributed by atoms with Crippen LogP contribution < -0.4 is 5.73 Å². The Bertz CT molecular complexity index is 788. The molecule has 3 rings (SSSR count). The Morgan fingerprint density at radius 1 is 1.08 bits per heavy atom. The van der Waals surface area contributed by atoms with Crippen LogP contribution in [0.5, 0.6) is 0 Å². The van der Waals surface area contributed by atoms with Gasteiger partial charge >= 0.3 is 0 Å². The van der Waals surface area contributed by atoms with E-state index in [2.05, 4.69) is 0 Å². The van der Waals surface area contributed by atoms with Gasteiger partial charge < -0.3 is 5.73 Å². The van der Waals surface area contributed by atoms with E-state index in [4.69, 9.17) is 5.73 Å². The Hall–Kier alpha value is -1.69. The fourth-order valence-corrected chi connectivity index (χ4v) is 5.06. The molecule has 4 nitrogen and oxygen atoms in total. The van der Waals surface area contributed by atoms with E-state index in [0.717, 1.165) is 24.0 Å². The van der Waals surface area contributed by atoms with Gasteiger partial charge in [-0.2, -0.15) is 4.31 Å². The van der Waals surface area contributed by atoms with E-state index in [1.165, 1.54) is 0 Å². The molecule has 0 amide bonds. The Morgan fingerprint density at radius 3 is 2.46 bits per heavy atom. The van der Waals surface area contributed by atoms with Crippen molar-refractivity contribution in [3.63, 3.8) is 0 Å². The van der Waals surface area contributed by atoms with Crippen LogP contribution in [0.2, 0.25) is 0 Å². The predicted octanol–water partition coefficient (Wildman–Crippen LogP) is 3.10. The second kappa shape index (κ2) is 7.05. The fraction of sp³-hybridized carbons (Fsp3) is 0.368. The first-order valence-corrected chi connectivity index (χ1v) is 9.84. The van der Waals surface area contributed by atoms with Crippen LogP contribution >= 0.6 is 0 Å². The Kier molecular flexibility index (Phi) is 5.04. The van der Waals surface area contributed by atoms with Crippen molar-refractivity contribution in [3.05, 3.63) is 54.6 Å². The number of nitrogens with two attached hydrogens (primary N) is 1. The van der Waals surface area contributed by atoms with Crippen molar-refractivity contribution in [2.45, 2.75) is 30.7 Å². The molecule has 5 heteroatoms. The summed E-state index contributed by atoms with van der Waals surface area (Å²) in [5.74, 6) is 0.220. The largest absolute Gasteiger partial charge is 0.328 e. The molecule has 1 aliphatic rings. The molecule has 1 heterocycles. The van der Waals surface area contributed by atoms with E-state index in [9.17, 15) is 8.42 Å². The summed E-state index contributed by atoms with van der Waals surface area (Å²) < 4.78 is 28.1. The molecule has 0 aromatic heterocycles. The van der Waals surface area contributed by atoms with Gasteiger partial charge in [0.25, 0.3) is 0 Å². The lowest BCUT2D eigenvalue weighted by Crippen LogP contribution is -2.45. The second-order valence-electron chi connectivity index (χ2n) is 6.49. The lowest BCUT2D eigenvalue weighted by atomic mass is 9.93. The van der Waals surface area contributed by atoms with E-state index in [0.29, 0.717) is 18.0 Å². The molecule has 128 valence electrons. The Morgan fingerprint density at radius 2 is 1.75 bits per heavy atom. The molecule has 0 aliphatic carbocycles. The molecule has 0 saturated carbocycles. The number of nitrogens with zero attached hydrogens (tertiary/aromatic N) is 1. The molecule has 1 fully saturated rings. The van der Waals surface area contributed by atoms with Crippen LogP contribution in [0.15, 0.2) is 59.5 Å². The third-order valence-corrected chi connectivity index (χ3v) is 6.68. The van der Waals surface area contributed by atoms with Crippen LogP contribution in [0.3, 0.4) is 0 Å². The van der Waals surface area contributed by atoms with Crippen LogP contribution in [-0.4, -0.2) is 31.9 Å². The first kappa shape index (κ1) is 17.1. The van der Waals surface area contributed by atoms with Crippen LogP contribution in [-0.2, 0) is 10.0 Å². The standard InChI is InChI=1S/C19H24N2O2S/c1-15(20)17-10-7-13-21(14-17)24(22,23)19-12-6-5-11-18(19)16-8-3-2-4-9-16/h2-6,8-9,11-12,15,17H,7,10,13-14,20H2,1H3. The topological polar surface area (TPSA) is 63.4 Å². The highest BCUT2D eigenvalue weighted by Crippen LogP contribution is 2.31. The molecule has 0 radical (unpaired) electrons. The van der Waals surface area contributed by atoms with Crippen molar-refractivity contribution in [3.8, 4) is 11.1 Å². The van der Waals surface area contributed by atoms with Gasteiger partial charge in [-0.15, -0.1) is 0 Å². The monoisotopic (exact) mass is 344 g/mol. The van der Waals surface area contributed by atoms with Gasteiger partial charge in [0.1, 0.15) is 0 Å². The maximum absolute atomic E-state index is 13.2. The minimum Gasteiger partial charge on any atom is -0.328 e. The van der Waals surface area contributed by atoms with E-state index in [-0.39, 0.29) is 12.0 Å². The van der Waals surface area contributed by atoms with E-state index in [1.807, 2.05) is 49.4 Å². The quantitative estimate of drug-likeness (QED) is 0.927. The summed E-state index contributed by atoms with van der Waals surface area (Å²) in [5, 5.41) is 0. The summed E-state index contributed by atoms with van der Waals surface area (Å²) in [6, 6.07) is 16.9. The average molecular weight is 344 g/mol. The highest BCUT2D eigenvalue weighted by atomic mass is 32.2. The predicted molar refractivity (Wildman–Crippen MR) is 97.0 cm³/mol. The zero-order chi connectivity index (χ0) is 17.2. The average Bonchev–Trinajstić information content (AvgIpc) is 2.62. The van der Waals surface area contributed by atoms with Crippen molar-refractivity contribution in [1.29, 1.82) is 0 Å². The molecule has 2 aromatic rings. The number of benzene rings is 2. The van der Waals surface area contributed by atoms with Crippen LogP contribution in [0.4, 0.5) is 0 Å². The highest BCUT2D eigenvalue weighted by molar-refractivity contribution is 7.89. The summed E-state index contributed by atoms with van der Waals surface area (Å²) in [7, 11) is -3.53. The summed E-state index contributed by atoms with van der Waals surface area (Å²) in [6.45, 7) is 3.02. The highest BCUT2D eigenvalue weighted by Gasteiger charge is 2.32. The molecule has 24 heavy (non-hydrogen) atoms. The van der Waals surface area contributed by atoms with Gasteiger partial charge in [0, 0.05) is 24.7 Å². The molecule has 2 unspecified atom stereocenters. The van der Waals surface area contributed by atoms with Crippen molar-refractivity contribution in [2.75, 3.05) is 13.1 Å². The molecule has 1 saturated heterocycles. The molecule has 2 aromatic carbocycles. The molecular weight excluding hydrogens is 320 g/mol. The fourth-order valence-electron chi connectivity index (χ4n) is 3.31. The van der Waals surface area contributed by atoms with Gasteiger partial charge in [0.2, 0.25) is 10.0 Å². The summed E-state index contributed by atoms with van der Waals surface area (Å²) in [4.78, 5) is 0.376. The number of rotatable bonds is 4. The van der Waals surface area contributed by atoms with Gasteiger partial charge in [-0.25, -0.2) is 8.42 Å². The minimum atomic E-state index is -3.53. The van der Waals surface area contributed by atoms with Crippen LogP contribution in [0.25, 0.3) is 11.1 Å². The summed E-state index contributed by atoms with van der Waals surface area (Å²) >= 11 is 0. The zero-order valence-electron chi connectivity index (χ0n) is 13.9. The van der Waals surface area contributed by atoms with Crippen LogP contribution in [0.1, 0.15) is 19.8 Å². The number of piperidine rings is 1. The third kappa shape index (κ3) is 3.38. The molecule has 0 bridgehead atoms. The molecule has 1 aliphatic heterocycles. The molecular formula is C19H24N2O2S. The van der Waals surface area contributed by atoms with Gasteiger partial charge in [0.05, 0.1) is 4.90 Å². The minimum absolute atomic E-state index is 0.00682. The van der Waals surface area contributed by atoms with Crippen molar-refractivity contribution >= 4 is 10.0 Å². The smallest absolute Gasteiger partial charge is 0.243 e. The van der Waals surface area contributed by atoms with E-state index in [1.54, 1.807) is 16.4 Å². The van der Waals surface area contributed by atoms with E-state index >= 15 is 0 Å². The van der Waals surface area contributed by atoms with Gasteiger partial charge in [-0.3, -0.25) is 0 Å². The van der Waals surface area contributed by atoms with Gasteiger partial charge in [-0.05, 0) is 37.3 Å². The Labute approximate surface area is 144 Å². The Balaban J connectivity index is 1.99. The first-order valence-electron chi connectivity index (χ1n) is 8.40. The van der Waals surface area contributed by atoms with Crippen molar-refractivity contribution < 1.29 is 8.42 Å². The summed E-state index contributed by atoms with van der Waals surface area (Å²) in [5.41, 5.74) is 7.68. The third-order valence-electron chi connectivity index (χ3n) is 4.75. The lowest BCUT2D eigenvalue weighted by Gasteiger charge is -2.34. The maximum atomic E-state index is 13.2.